The Morgan fingerprint density at radius 3 is 0.716 bits per heavy atom. The summed E-state index contributed by atoms with van der Waals surface area (Å²) < 4.78 is 68.5. The molecule has 0 aliphatic carbocycles. The van der Waals surface area contributed by atoms with Crippen molar-refractivity contribution >= 4 is 39.5 Å². The van der Waals surface area contributed by atoms with E-state index in [4.69, 9.17) is 37.0 Å². The summed E-state index contributed by atoms with van der Waals surface area (Å²) in [4.78, 5) is 72.8. The minimum absolute atomic E-state index is 0.105. The van der Waals surface area contributed by atoms with Crippen molar-refractivity contribution in [1.29, 1.82) is 0 Å². The van der Waals surface area contributed by atoms with Gasteiger partial charge in [0.05, 0.1) is 26.4 Å². The van der Waals surface area contributed by atoms with Gasteiger partial charge in [-0.2, -0.15) is 0 Å². The van der Waals surface area contributed by atoms with E-state index in [9.17, 15) is 43.2 Å². The molecule has 17 nitrogen and oxygen atoms in total. The molecule has 19 heteroatoms. The van der Waals surface area contributed by atoms with E-state index in [0.717, 1.165) is 108 Å². The first-order chi connectivity index (χ1) is 45.7. The maximum Gasteiger partial charge on any atom is 0.472 e. The average Bonchev–Trinajstić information content (AvgIpc) is 2.36. The zero-order valence-corrected chi connectivity index (χ0v) is 63.9. The van der Waals surface area contributed by atoms with Gasteiger partial charge in [0, 0.05) is 25.7 Å². The standard InChI is InChI=1S/C76H148O17P2/c1-8-9-10-11-12-26-36-43-50-57-73(78)86-63-71(93-76(81)60-53-46-39-32-25-29-35-42-49-56-69(6)7)65-90-94(82,83)88-61-70(77)62-89-95(84,85)91-66-72(64-87-74(79)58-51-44-37-30-23-20-16-18-22-28-34-41-48-55-68(4)5)92-75(80)59-52-45-38-31-24-19-15-13-14-17-21-27-33-40-47-54-67(2)3/h67-72,77H,8-66H2,1-7H3,(H,82,83)(H,84,85)/t70-,71+,72+/m0/s1. The summed E-state index contributed by atoms with van der Waals surface area (Å²) in [5.41, 5.74) is 0. The zero-order valence-electron chi connectivity index (χ0n) is 62.1. The van der Waals surface area contributed by atoms with Gasteiger partial charge in [0.1, 0.15) is 19.3 Å². The predicted molar refractivity (Wildman–Crippen MR) is 386 cm³/mol. The molecule has 95 heavy (non-hydrogen) atoms. The summed E-state index contributed by atoms with van der Waals surface area (Å²) >= 11 is 0. The van der Waals surface area contributed by atoms with Gasteiger partial charge in [0.2, 0.25) is 0 Å². The van der Waals surface area contributed by atoms with Crippen molar-refractivity contribution in [2.24, 2.45) is 17.8 Å². The van der Waals surface area contributed by atoms with Gasteiger partial charge in [-0.25, -0.2) is 9.13 Å². The largest absolute Gasteiger partial charge is 0.472 e. The van der Waals surface area contributed by atoms with Crippen molar-refractivity contribution in [2.45, 2.75) is 407 Å². The molecule has 3 N–H and O–H groups in total. The number of hydrogen-bond acceptors (Lipinski definition) is 15. The van der Waals surface area contributed by atoms with Crippen LogP contribution >= 0.6 is 15.6 Å². The van der Waals surface area contributed by atoms with E-state index in [0.29, 0.717) is 25.7 Å². The maximum atomic E-state index is 13.1. The number of esters is 4. The second kappa shape index (κ2) is 66.6. The van der Waals surface area contributed by atoms with E-state index in [1.807, 2.05) is 0 Å². The smallest absolute Gasteiger partial charge is 0.462 e. The molecule has 0 aliphatic rings. The van der Waals surface area contributed by atoms with Gasteiger partial charge < -0.3 is 33.8 Å². The van der Waals surface area contributed by atoms with Crippen molar-refractivity contribution in [1.82, 2.24) is 0 Å². The molecule has 0 saturated heterocycles. The Balaban J connectivity index is 5.23. The topological polar surface area (TPSA) is 237 Å². The first-order valence-corrected chi connectivity index (χ1v) is 42.3. The second-order valence-corrected chi connectivity index (χ2v) is 31.7. The molecule has 0 amide bonds. The van der Waals surface area contributed by atoms with Crippen LogP contribution in [0.4, 0.5) is 0 Å². The van der Waals surface area contributed by atoms with Crippen LogP contribution < -0.4 is 0 Å². The lowest BCUT2D eigenvalue weighted by atomic mass is 10.0. The van der Waals surface area contributed by atoms with Gasteiger partial charge in [-0.15, -0.1) is 0 Å². The van der Waals surface area contributed by atoms with Crippen molar-refractivity contribution < 1.29 is 80.2 Å². The van der Waals surface area contributed by atoms with Gasteiger partial charge in [-0.05, 0) is 43.4 Å². The van der Waals surface area contributed by atoms with Crippen LogP contribution in [0.25, 0.3) is 0 Å². The molecule has 0 radical (unpaired) electrons. The van der Waals surface area contributed by atoms with Gasteiger partial charge in [0.15, 0.2) is 12.2 Å². The van der Waals surface area contributed by atoms with Crippen molar-refractivity contribution in [3.63, 3.8) is 0 Å². The van der Waals surface area contributed by atoms with Crippen LogP contribution in [0, 0.1) is 17.8 Å². The Morgan fingerprint density at radius 2 is 0.484 bits per heavy atom. The highest BCUT2D eigenvalue weighted by molar-refractivity contribution is 7.47. The fourth-order valence-corrected chi connectivity index (χ4v) is 13.2. The van der Waals surface area contributed by atoms with Gasteiger partial charge in [-0.3, -0.25) is 37.3 Å². The van der Waals surface area contributed by atoms with Crippen LogP contribution in [0.3, 0.4) is 0 Å². The molecule has 2 unspecified atom stereocenters. The third kappa shape index (κ3) is 70.3. The Hall–Kier alpha value is -1.94. The monoisotopic (exact) mass is 1400 g/mol. The Kier molecular flexibility index (Phi) is 65.2. The number of phosphoric ester groups is 2. The number of rotatable bonds is 74. The van der Waals surface area contributed by atoms with E-state index < -0.39 is 97.5 Å². The summed E-state index contributed by atoms with van der Waals surface area (Å²) in [7, 11) is -9.91. The Morgan fingerprint density at radius 1 is 0.284 bits per heavy atom. The summed E-state index contributed by atoms with van der Waals surface area (Å²) in [6.45, 7) is 11.9. The molecule has 0 heterocycles. The maximum absolute atomic E-state index is 13.1. The molecule has 0 aromatic heterocycles. The quantitative estimate of drug-likeness (QED) is 0.0222. The molecule has 0 saturated carbocycles. The van der Waals surface area contributed by atoms with Crippen molar-refractivity contribution in [3.05, 3.63) is 0 Å². The Bertz CT molecular complexity index is 1850. The summed E-state index contributed by atoms with van der Waals surface area (Å²) in [6, 6.07) is 0. The van der Waals surface area contributed by atoms with E-state index >= 15 is 0 Å². The van der Waals surface area contributed by atoms with Crippen LogP contribution in [-0.2, 0) is 65.4 Å². The fraction of sp³-hybridized carbons (Fsp3) is 0.947. The van der Waals surface area contributed by atoms with Crippen LogP contribution in [-0.4, -0.2) is 96.7 Å². The molecular formula is C76H148O17P2. The van der Waals surface area contributed by atoms with Crippen LogP contribution in [0.2, 0.25) is 0 Å². The van der Waals surface area contributed by atoms with Crippen molar-refractivity contribution in [3.8, 4) is 0 Å². The third-order valence-corrected chi connectivity index (χ3v) is 19.5. The SMILES string of the molecule is CCCCCCCCCCCC(=O)OC[C@H](COP(=O)(O)OC[C@H](O)COP(=O)(O)OC[C@@H](COC(=O)CCCCCCCCCCCCCCCC(C)C)OC(=O)CCCCCCCCCCCCCCCCCC(C)C)OC(=O)CCCCCCCCCCCC(C)C. The molecule has 0 rings (SSSR count). The zero-order chi connectivity index (χ0) is 70.1. The number of unbranched alkanes of at least 4 members (excludes halogenated alkanes) is 42. The highest BCUT2D eigenvalue weighted by atomic mass is 31.2. The molecule has 0 bridgehead atoms. The molecule has 5 atom stereocenters. The highest BCUT2D eigenvalue weighted by Crippen LogP contribution is 2.45. The number of hydrogen-bond donors (Lipinski definition) is 3. The number of aliphatic hydroxyl groups excluding tert-OH is 1. The molecular weight excluding hydrogens is 1250 g/mol. The third-order valence-electron chi connectivity index (χ3n) is 17.6. The lowest BCUT2D eigenvalue weighted by molar-refractivity contribution is -0.161. The highest BCUT2D eigenvalue weighted by Gasteiger charge is 2.30. The number of aliphatic hydroxyl groups is 1. The first kappa shape index (κ1) is 93.1. The number of carbonyl (C=O) groups is 4. The van der Waals surface area contributed by atoms with Gasteiger partial charge in [0.25, 0.3) is 0 Å². The van der Waals surface area contributed by atoms with Crippen LogP contribution in [0.1, 0.15) is 389 Å². The fourth-order valence-electron chi connectivity index (χ4n) is 11.6. The minimum atomic E-state index is -4.96. The lowest BCUT2D eigenvalue weighted by Gasteiger charge is -2.21. The summed E-state index contributed by atoms with van der Waals surface area (Å²) in [5, 5.41) is 10.6. The first-order valence-electron chi connectivity index (χ1n) is 39.3. The van der Waals surface area contributed by atoms with E-state index in [-0.39, 0.29) is 25.7 Å². The van der Waals surface area contributed by atoms with Crippen molar-refractivity contribution in [2.75, 3.05) is 39.6 Å². The molecule has 0 aromatic carbocycles. The second-order valence-electron chi connectivity index (χ2n) is 28.8. The molecule has 0 aliphatic heterocycles. The van der Waals surface area contributed by atoms with E-state index in [2.05, 4.69) is 48.5 Å². The molecule has 0 fully saturated rings. The molecule has 564 valence electrons. The Labute approximate surface area is 581 Å². The molecule has 0 aromatic rings. The number of phosphoric acid groups is 2. The average molecular weight is 1400 g/mol. The number of carbonyl (C=O) groups excluding carboxylic acids is 4. The lowest BCUT2D eigenvalue weighted by Crippen LogP contribution is -2.30. The normalized spacial score (nSPS) is 14.1. The molecule has 0 spiro atoms. The summed E-state index contributed by atoms with van der Waals surface area (Å²) in [6.07, 6.45) is 52.7. The van der Waals surface area contributed by atoms with E-state index in [1.54, 1.807) is 0 Å². The van der Waals surface area contributed by atoms with Crippen LogP contribution in [0.15, 0.2) is 0 Å². The van der Waals surface area contributed by atoms with Gasteiger partial charge >= 0.3 is 39.5 Å². The minimum Gasteiger partial charge on any atom is -0.462 e. The van der Waals surface area contributed by atoms with Gasteiger partial charge in [-0.1, -0.05) is 337 Å². The number of ether oxygens (including phenoxy) is 4. The van der Waals surface area contributed by atoms with E-state index in [1.165, 1.54) is 199 Å². The van der Waals surface area contributed by atoms with Crippen LogP contribution in [0.5, 0.6) is 0 Å². The summed E-state index contributed by atoms with van der Waals surface area (Å²) in [5.74, 6) is 0.212. The predicted octanol–water partition coefficient (Wildman–Crippen LogP) is 22.2.